The van der Waals surface area contributed by atoms with Crippen LogP contribution in [0.4, 0.5) is 0 Å². The summed E-state index contributed by atoms with van der Waals surface area (Å²) in [7, 11) is 4.69. The maximum atomic E-state index is 13.9. The Morgan fingerprint density at radius 1 is 0.918 bits per heavy atom. The van der Waals surface area contributed by atoms with Gasteiger partial charge >= 0.3 is 0 Å². The first kappa shape index (κ1) is 33.7. The lowest BCUT2D eigenvalue weighted by Gasteiger charge is -2.22. The predicted octanol–water partition coefficient (Wildman–Crippen LogP) is 6.37. The summed E-state index contributed by atoms with van der Waals surface area (Å²) in [5.74, 6) is 1.87. The van der Waals surface area contributed by atoms with Crippen molar-refractivity contribution in [1.82, 2.24) is 25.1 Å². The van der Waals surface area contributed by atoms with Crippen molar-refractivity contribution in [3.05, 3.63) is 111 Å². The topological polar surface area (TPSA) is 120 Å². The van der Waals surface area contributed by atoms with E-state index in [4.69, 9.17) is 19.3 Å². The van der Waals surface area contributed by atoms with E-state index in [9.17, 15) is 9.59 Å². The van der Waals surface area contributed by atoms with E-state index in [2.05, 4.69) is 15.5 Å². The molecule has 252 valence electrons. The number of benzene rings is 3. The fourth-order valence-electron chi connectivity index (χ4n) is 5.52. The van der Waals surface area contributed by atoms with Gasteiger partial charge in [0.1, 0.15) is 17.2 Å². The molecule has 0 saturated heterocycles. The van der Waals surface area contributed by atoms with Crippen molar-refractivity contribution in [2.45, 2.75) is 38.0 Å². The van der Waals surface area contributed by atoms with E-state index >= 15 is 0 Å². The van der Waals surface area contributed by atoms with E-state index in [1.807, 2.05) is 78.4 Å². The number of thiophene rings is 1. The van der Waals surface area contributed by atoms with Gasteiger partial charge in [-0.1, -0.05) is 42.1 Å². The highest BCUT2D eigenvalue weighted by molar-refractivity contribution is 7.99. The van der Waals surface area contributed by atoms with E-state index in [0.717, 1.165) is 38.7 Å². The lowest BCUT2D eigenvalue weighted by atomic mass is 10.0. The first-order chi connectivity index (χ1) is 23.8. The number of ether oxygens (including phenoxy) is 3. The molecule has 2 amide bonds. The SMILES string of the molecule is COc1ccc([C@H]2CC(c3cccs3)=NN2C(=O)CSc2nnc(CNC(=O)c3cc(OC)cc(OC)c3)n2-c2cc(C)ccc2C)cc1. The minimum absolute atomic E-state index is 0.0762. The lowest BCUT2D eigenvalue weighted by Crippen LogP contribution is -2.28. The smallest absolute Gasteiger partial charge is 0.253 e. The number of aryl methyl sites for hydroxylation is 2. The van der Waals surface area contributed by atoms with Gasteiger partial charge in [-0.15, -0.1) is 21.5 Å². The molecule has 11 nitrogen and oxygen atoms in total. The quantitative estimate of drug-likeness (QED) is 0.150. The average molecular weight is 697 g/mol. The van der Waals surface area contributed by atoms with Crippen molar-refractivity contribution in [1.29, 1.82) is 0 Å². The molecule has 0 bridgehead atoms. The Morgan fingerprint density at radius 3 is 2.33 bits per heavy atom. The first-order valence-corrected chi connectivity index (χ1v) is 17.4. The van der Waals surface area contributed by atoms with Crippen molar-refractivity contribution in [3.63, 3.8) is 0 Å². The Kier molecular flexibility index (Phi) is 10.3. The van der Waals surface area contributed by atoms with Gasteiger partial charge in [0.2, 0.25) is 0 Å². The van der Waals surface area contributed by atoms with Crippen molar-refractivity contribution in [2.24, 2.45) is 5.10 Å². The van der Waals surface area contributed by atoms with E-state index in [1.54, 1.807) is 41.7 Å². The van der Waals surface area contributed by atoms with Crippen LogP contribution in [-0.4, -0.2) is 64.4 Å². The number of amides is 2. The third-order valence-electron chi connectivity index (χ3n) is 8.12. The van der Waals surface area contributed by atoms with Gasteiger partial charge < -0.3 is 19.5 Å². The van der Waals surface area contributed by atoms with Crippen molar-refractivity contribution >= 4 is 40.6 Å². The number of hydrazone groups is 1. The Hall–Kier alpha value is -5.14. The largest absolute Gasteiger partial charge is 0.497 e. The maximum Gasteiger partial charge on any atom is 0.253 e. The highest BCUT2D eigenvalue weighted by atomic mass is 32.2. The van der Waals surface area contributed by atoms with Crippen molar-refractivity contribution < 1.29 is 23.8 Å². The number of aromatic nitrogens is 3. The minimum atomic E-state index is -0.324. The van der Waals surface area contributed by atoms with Crippen LogP contribution in [0.25, 0.3) is 5.69 Å². The molecular weight excluding hydrogens is 661 g/mol. The Morgan fingerprint density at radius 2 is 1.65 bits per heavy atom. The van der Waals surface area contributed by atoms with Gasteiger partial charge in [-0.25, -0.2) is 5.01 Å². The van der Waals surface area contributed by atoms with Crippen LogP contribution < -0.4 is 19.5 Å². The molecular formula is C36H36N6O5S2. The van der Waals surface area contributed by atoms with E-state index in [0.29, 0.717) is 34.5 Å². The molecule has 0 unspecified atom stereocenters. The zero-order valence-electron chi connectivity index (χ0n) is 27.8. The zero-order valence-corrected chi connectivity index (χ0v) is 29.4. The van der Waals surface area contributed by atoms with Gasteiger partial charge in [-0.3, -0.25) is 14.2 Å². The fourth-order valence-corrected chi connectivity index (χ4v) is 7.06. The summed E-state index contributed by atoms with van der Waals surface area (Å²) in [6.07, 6.45) is 0.602. The molecule has 3 aromatic carbocycles. The Labute approximate surface area is 292 Å². The molecule has 0 aliphatic carbocycles. The summed E-state index contributed by atoms with van der Waals surface area (Å²) in [5, 5.41) is 20.8. The maximum absolute atomic E-state index is 13.9. The second-order valence-corrected chi connectivity index (χ2v) is 13.2. The number of hydrogen-bond acceptors (Lipinski definition) is 10. The van der Waals surface area contributed by atoms with Crippen LogP contribution >= 0.6 is 23.1 Å². The molecule has 0 fully saturated rings. The molecule has 3 heterocycles. The summed E-state index contributed by atoms with van der Waals surface area (Å²) in [6.45, 7) is 4.11. The highest BCUT2D eigenvalue weighted by Crippen LogP contribution is 2.36. The Bertz CT molecular complexity index is 1970. The molecule has 6 rings (SSSR count). The minimum Gasteiger partial charge on any atom is -0.497 e. The van der Waals surface area contributed by atoms with Crippen molar-refractivity contribution in [3.8, 4) is 22.9 Å². The number of methoxy groups -OCH3 is 3. The standard InChI is InChI=1S/C36H36N6O5S2/c1-22-8-9-23(2)30(15-22)41-33(20-37-35(44)25-16-27(46-4)18-28(17-25)47-5)38-39-36(41)49-21-34(43)42-31(24-10-12-26(45-3)13-11-24)19-29(40-42)32-7-6-14-48-32/h6-18,31H,19-21H2,1-5H3,(H,37,44)/t31-/m1/s1. The molecule has 1 aliphatic heterocycles. The van der Waals surface area contributed by atoms with E-state index < -0.39 is 0 Å². The van der Waals surface area contributed by atoms with Gasteiger partial charge in [0, 0.05) is 18.1 Å². The van der Waals surface area contributed by atoms with Crippen LogP contribution in [0.2, 0.25) is 0 Å². The monoisotopic (exact) mass is 696 g/mol. The summed E-state index contributed by atoms with van der Waals surface area (Å²) in [4.78, 5) is 28.2. The summed E-state index contributed by atoms with van der Waals surface area (Å²) in [5.41, 5.74) is 5.14. The van der Waals surface area contributed by atoms with Crippen LogP contribution in [-0.2, 0) is 11.3 Å². The molecule has 0 saturated carbocycles. The second kappa shape index (κ2) is 15.0. The van der Waals surface area contributed by atoms with E-state index in [1.165, 1.54) is 26.0 Å². The number of carbonyl (C=O) groups is 2. The van der Waals surface area contributed by atoms with Gasteiger partial charge in [-0.05, 0) is 72.3 Å². The third-order valence-corrected chi connectivity index (χ3v) is 9.96. The van der Waals surface area contributed by atoms with Crippen LogP contribution in [0.1, 0.15) is 50.2 Å². The number of rotatable bonds is 12. The second-order valence-electron chi connectivity index (χ2n) is 11.4. The normalized spacial score (nSPS) is 14.0. The number of hydrogen-bond donors (Lipinski definition) is 1. The lowest BCUT2D eigenvalue weighted by molar-refractivity contribution is -0.130. The molecule has 5 aromatic rings. The van der Waals surface area contributed by atoms with Crippen LogP contribution in [0.3, 0.4) is 0 Å². The molecule has 0 radical (unpaired) electrons. The predicted molar refractivity (Wildman–Crippen MR) is 190 cm³/mol. The molecule has 49 heavy (non-hydrogen) atoms. The molecule has 1 aliphatic rings. The van der Waals surface area contributed by atoms with Crippen LogP contribution in [0, 0.1) is 13.8 Å². The molecule has 1 N–H and O–H groups in total. The molecule has 1 atom stereocenters. The van der Waals surface area contributed by atoms with Gasteiger partial charge in [0.25, 0.3) is 11.8 Å². The number of nitrogens with zero attached hydrogens (tertiary/aromatic N) is 5. The zero-order chi connectivity index (χ0) is 34.5. The molecule has 2 aromatic heterocycles. The van der Waals surface area contributed by atoms with E-state index in [-0.39, 0.29) is 30.2 Å². The van der Waals surface area contributed by atoms with Crippen LogP contribution in [0.5, 0.6) is 17.2 Å². The summed E-state index contributed by atoms with van der Waals surface area (Å²) >= 11 is 2.88. The fraction of sp³-hybridized carbons (Fsp3) is 0.250. The van der Waals surface area contributed by atoms with Gasteiger partial charge in [-0.2, -0.15) is 5.10 Å². The molecule has 0 spiro atoms. The first-order valence-electron chi connectivity index (χ1n) is 15.5. The number of carbonyl (C=O) groups excluding carboxylic acids is 2. The third kappa shape index (κ3) is 7.47. The Balaban J connectivity index is 1.26. The summed E-state index contributed by atoms with van der Waals surface area (Å²) in [6, 6.07) is 22.6. The summed E-state index contributed by atoms with van der Waals surface area (Å²) < 4.78 is 17.9. The van der Waals surface area contributed by atoms with Gasteiger partial charge in [0.05, 0.1) is 55.9 Å². The van der Waals surface area contributed by atoms with Gasteiger partial charge in [0.15, 0.2) is 11.0 Å². The molecule has 13 heteroatoms. The highest BCUT2D eigenvalue weighted by Gasteiger charge is 2.34. The van der Waals surface area contributed by atoms with Crippen molar-refractivity contribution in [2.75, 3.05) is 27.1 Å². The number of nitrogens with one attached hydrogen (secondary N) is 1. The number of thioether (sulfide) groups is 1. The van der Waals surface area contributed by atoms with Crippen LogP contribution in [0.15, 0.2) is 88.4 Å². The average Bonchev–Trinajstić information content (AvgIpc) is 3.91.